The maximum Gasteiger partial charge on any atom is 0.243 e. The van der Waals surface area contributed by atoms with Gasteiger partial charge in [-0.2, -0.15) is 0 Å². The number of nitrogens with one attached hydrogen (secondary N) is 2. The first-order valence-electron chi connectivity index (χ1n) is 7.81. The molecule has 0 aliphatic rings. The van der Waals surface area contributed by atoms with Crippen LogP contribution in [0, 0.1) is 0 Å². The monoisotopic (exact) mass is 326 g/mol. The number of amides is 1. The highest BCUT2D eigenvalue weighted by Gasteiger charge is 2.04. The second kappa shape index (κ2) is 9.25. The molecule has 0 spiro atoms. The summed E-state index contributed by atoms with van der Waals surface area (Å²) in [5, 5.41) is 5.91. The molecule has 2 rings (SSSR count). The zero-order valence-electron chi connectivity index (χ0n) is 13.7. The minimum atomic E-state index is -0.141. The van der Waals surface area contributed by atoms with E-state index < -0.39 is 0 Å². The van der Waals surface area contributed by atoms with E-state index in [1.165, 1.54) is 0 Å². The second-order valence-electron chi connectivity index (χ2n) is 4.99. The zero-order valence-corrected chi connectivity index (χ0v) is 13.7. The molecular weight excluding hydrogens is 304 g/mol. The van der Waals surface area contributed by atoms with Crippen molar-refractivity contribution in [1.29, 1.82) is 0 Å². The summed E-state index contributed by atoms with van der Waals surface area (Å²) >= 11 is 0. The van der Waals surface area contributed by atoms with Crippen LogP contribution in [0.5, 0.6) is 11.5 Å². The van der Waals surface area contributed by atoms with Gasteiger partial charge in [-0.1, -0.05) is 24.8 Å². The maximum atomic E-state index is 12.1. The van der Waals surface area contributed by atoms with Gasteiger partial charge < -0.3 is 20.1 Å². The predicted octanol–water partition coefficient (Wildman–Crippen LogP) is 3.70. The lowest BCUT2D eigenvalue weighted by Gasteiger charge is -2.10. The van der Waals surface area contributed by atoms with Crippen LogP contribution in [-0.4, -0.2) is 25.7 Å². The lowest BCUT2D eigenvalue weighted by molar-refractivity contribution is -0.114. The number of ether oxygens (including phenoxy) is 2. The normalized spacial score (nSPS) is 9.88. The largest absolute Gasteiger partial charge is 0.494 e. The molecule has 2 aromatic rings. The molecule has 2 aromatic carbocycles. The van der Waals surface area contributed by atoms with Gasteiger partial charge in [-0.25, -0.2) is 0 Å². The van der Waals surface area contributed by atoms with Crippen LogP contribution in [0.2, 0.25) is 0 Å². The van der Waals surface area contributed by atoms with Crippen molar-refractivity contribution in [2.75, 3.05) is 30.4 Å². The molecule has 0 unspecified atom stereocenters. The smallest absolute Gasteiger partial charge is 0.243 e. The van der Waals surface area contributed by atoms with Crippen LogP contribution in [-0.2, 0) is 4.79 Å². The van der Waals surface area contributed by atoms with Crippen molar-refractivity contribution in [3.63, 3.8) is 0 Å². The third-order valence-corrected chi connectivity index (χ3v) is 3.08. The highest BCUT2D eigenvalue weighted by molar-refractivity contribution is 5.93. The van der Waals surface area contributed by atoms with Crippen LogP contribution in [0.25, 0.3) is 0 Å². The van der Waals surface area contributed by atoms with Crippen LogP contribution in [0.1, 0.15) is 6.92 Å². The average Bonchev–Trinajstić information content (AvgIpc) is 2.59. The van der Waals surface area contributed by atoms with Crippen molar-refractivity contribution >= 4 is 17.3 Å². The minimum absolute atomic E-state index is 0.141. The standard InChI is InChI=1S/C19H22N2O3/c1-3-11-24-18-10-6-8-16(13-18)21-19(22)14-20-15-7-5-9-17(12-15)23-4-2/h3,5-10,12-13,20H,1,4,11,14H2,2H3,(H,21,22). The molecular formula is C19H22N2O3. The second-order valence-corrected chi connectivity index (χ2v) is 4.99. The molecule has 2 N–H and O–H groups in total. The van der Waals surface area contributed by atoms with Gasteiger partial charge in [0.2, 0.25) is 5.91 Å². The average molecular weight is 326 g/mol. The van der Waals surface area contributed by atoms with Crippen LogP contribution in [0.4, 0.5) is 11.4 Å². The third-order valence-electron chi connectivity index (χ3n) is 3.08. The Hall–Kier alpha value is -2.95. The Morgan fingerprint density at radius 1 is 1.08 bits per heavy atom. The van der Waals surface area contributed by atoms with E-state index in [9.17, 15) is 4.79 Å². The molecule has 5 nitrogen and oxygen atoms in total. The van der Waals surface area contributed by atoms with E-state index in [0.717, 1.165) is 11.4 Å². The number of carbonyl (C=O) groups is 1. The van der Waals surface area contributed by atoms with Gasteiger partial charge in [0, 0.05) is 23.5 Å². The highest BCUT2D eigenvalue weighted by Crippen LogP contribution is 2.18. The molecule has 0 fully saturated rings. The van der Waals surface area contributed by atoms with E-state index in [0.29, 0.717) is 24.7 Å². The molecule has 0 saturated carbocycles. The number of hydrogen-bond donors (Lipinski definition) is 2. The van der Waals surface area contributed by atoms with Crippen molar-refractivity contribution in [2.24, 2.45) is 0 Å². The first-order valence-corrected chi connectivity index (χ1v) is 7.81. The fraction of sp³-hybridized carbons (Fsp3) is 0.211. The lowest BCUT2D eigenvalue weighted by atomic mass is 10.3. The van der Waals surface area contributed by atoms with Gasteiger partial charge in [0.25, 0.3) is 0 Å². The number of carbonyl (C=O) groups excluding carboxylic acids is 1. The summed E-state index contributed by atoms with van der Waals surface area (Å²) in [7, 11) is 0. The molecule has 0 aromatic heterocycles. The first-order chi connectivity index (χ1) is 11.7. The molecule has 0 aliphatic heterocycles. The fourth-order valence-corrected chi connectivity index (χ4v) is 2.07. The van der Waals surface area contributed by atoms with Gasteiger partial charge in [0.15, 0.2) is 0 Å². The molecule has 0 atom stereocenters. The Morgan fingerprint density at radius 2 is 1.75 bits per heavy atom. The van der Waals surface area contributed by atoms with Crippen LogP contribution in [0.15, 0.2) is 61.2 Å². The molecule has 1 amide bonds. The Labute approximate surface area is 142 Å². The van der Waals surface area contributed by atoms with Crippen molar-refractivity contribution in [3.05, 3.63) is 61.2 Å². The zero-order chi connectivity index (χ0) is 17.2. The fourth-order valence-electron chi connectivity index (χ4n) is 2.07. The lowest BCUT2D eigenvalue weighted by Crippen LogP contribution is -2.21. The third kappa shape index (κ3) is 5.68. The Balaban J connectivity index is 1.87. The number of anilines is 2. The summed E-state index contributed by atoms with van der Waals surface area (Å²) < 4.78 is 10.9. The molecule has 5 heteroatoms. The Bertz CT molecular complexity index is 686. The molecule has 0 bridgehead atoms. The molecule has 0 heterocycles. The Morgan fingerprint density at radius 3 is 2.46 bits per heavy atom. The van der Waals surface area contributed by atoms with Crippen molar-refractivity contribution < 1.29 is 14.3 Å². The van der Waals surface area contributed by atoms with E-state index in [2.05, 4.69) is 17.2 Å². The Kier molecular flexibility index (Phi) is 6.71. The quantitative estimate of drug-likeness (QED) is 0.690. The number of benzene rings is 2. The van der Waals surface area contributed by atoms with Gasteiger partial charge in [0.1, 0.15) is 18.1 Å². The van der Waals surface area contributed by atoms with Crippen molar-refractivity contribution in [3.8, 4) is 11.5 Å². The van der Waals surface area contributed by atoms with Crippen molar-refractivity contribution in [1.82, 2.24) is 0 Å². The van der Waals surface area contributed by atoms with Crippen molar-refractivity contribution in [2.45, 2.75) is 6.92 Å². The van der Waals surface area contributed by atoms with Crippen LogP contribution in [0.3, 0.4) is 0 Å². The van der Waals surface area contributed by atoms with Gasteiger partial charge >= 0.3 is 0 Å². The van der Waals surface area contributed by atoms with E-state index in [4.69, 9.17) is 9.47 Å². The predicted molar refractivity (Wildman–Crippen MR) is 96.9 cm³/mol. The van der Waals surface area contributed by atoms with E-state index >= 15 is 0 Å². The van der Waals surface area contributed by atoms with E-state index in [-0.39, 0.29) is 12.5 Å². The molecule has 126 valence electrons. The summed E-state index contributed by atoms with van der Waals surface area (Å²) in [5.74, 6) is 1.32. The van der Waals surface area contributed by atoms with E-state index in [1.54, 1.807) is 12.1 Å². The van der Waals surface area contributed by atoms with Gasteiger partial charge in [-0.15, -0.1) is 0 Å². The van der Waals surface area contributed by atoms with Gasteiger partial charge in [-0.3, -0.25) is 4.79 Å². The van der Waals surface area contributed by atoms with Gasteiger partial charge in [0.05, 0.1) is 13.2 Å². The summed E-state index contributed by atoms with van der Waals surface area (Å²) in [6, 6.07) is 14.8. The molecule has 0 radical (unpaired) electrons. The van der Waals surface area contributed by atoms with Crippen LogP contribution >= 0.6 is 0 Å². The van der Waals surface area contributed by atoms with Gasteiger partial charge in [-0.05, 0) is 31.2 Å². The topological polar surface area (TPSA) is 59.6 Å². The molecule has 0 saturated heterocycles. The summed E-state index contributed by atoms with van der Waals surface area (Å²) in [6.45, 7) is 6.73. The summed E-state index contributed by atoms with van der Waals surface area (Å²) in [5.41, 5.74) is 1.52. The SMILES string of the molecule is C=CCOc1cccc(NC(=O)CNc2cccc(OCC)c2)c1. The summed E-state index contributed by atoms with van der Waals surface area (Å²) in [4.78, 5) is 12.1. The number of rotatable bonds is 9. The molecule has 0 aliphatic carbocycles. The maximum absolute atomic E-state index is 12.1. The first kappa shape index (κ1) is 17.4. The molecule has 24 heavy (non-hydrogen) atoms. The van der Waals surface area contributed by atoms with Crippen LogP contribution < -0.4 is 20.1 Å². The minimum Gasteiger partial charge on any atom is -0.494 e. The summed E-state index contributed by atoms with van der Waals surface area (Å²) in [6.07, 6.45) is 1.67. The van der Waals surface area contributed by atoms with E-state index in [1.807, 2.05) is 49.4 Å². The number of hydrogen-bond acceptors (Lipinski definition) is 4. The highest BCUT2D eigenvalue weighted by atomic mass is 16.5.